The molecular formula is C17H23ClN4O. The van der Waals surface area contributed by atoms with Crippen LogP contribution in [-0.2, 0) is 4.79 Å². The van der Waals surface area contributed by atoms with Crippen LogP contribution in [0.1, 0.15) is 38.5 Å². The predicted molar refractivity (Wildman–Crippen MR) is 95.5 cm³/mol. The highest BCUT2D eigenvalue weighted by atomic mass is 35.5. The van der Waals surface area contributed by atoms with Crippen LogP contribution >= 0.6 is 12.4 Å². The second-order valence-corrected chi connectivity index (χ2v) is 6.00. The summed E-state index contributed by atoms with van der Waals surface area (Å²) in [6.45, 7) is 0. The van der Waals surface area contributed by atoms with Gasteiger partial charge in [-0.25, -0.2) is 4.98 Å². The van der Waals surface area contributed by atoms with Crippen molar-refractivity contribution in [1.82, 2.24) is 9.97 Å². The molecule has 1 aromatic carbocycles. The lowest BCUT2D eigenvalue weighted by molar-refractivity contribution is -0.116. The van der Waals surface area contributed by atoms with Gasteiger partial charge in [0, 0.05) is 17.7 Å². The molecule has 124 valence electrons. The highest BCUT2D eigenvalue weighted by Crippen LogP contribution is 2.28. The Bertz CT molecular complexity index is 650. The molecule has 0 saturated heterocycles. The quantitative estimate of drug-likeness (QED) is 0.773. The van der Waals surface area contributed by atoms with E-state index in [4.69, 9.17) is 5.73 Å². The van der Waals surface area contributed by atoms with E-state index >= 15 is 0 Å². The predicted octanol–water partition coefficient (Wildman–Crippen LogP) is 3.99. The van der Waals surface area contributed by atoms with Crippen LogP contribution in [0.2, 0.25) is 0 Å². The van der Waals surface area contributed by atoms with Crippen molar-refractivity contribution in [3.05, 3.63) is 30.5 Å². The molecule has 0 unspecified atom stereocenters. The van der Waals surface area contributed by atoms with E-state index in [9.17, 15) is 4.79 Å². The minimum absolute atomic E-state index is 0. The molecule has 5 nitrogen and oxygen atoms in total. The number of nitrogens with zero attached hydrogens (tertiary/aromatic N) is 1. The minimum Gasteiger partial charge on any atom is -0.369 e. The molecule has 1 fully saturated rings. The molecule has 4 N–H and O–H groups in total. The number of amides is 1. The van der Waals surface area contributed by atoms with Crippen molar-refractivity contribution in [2.24, 2.45) is 5.92 Å². The molecule has 23 heavy (non-hydrogen) atoms. The van der Waals surface area contributed by atoms with Gasteiger partial charge in [0.2, 0.25) is 5.91 Å². The summed E-state index contributed by atoms with van der Waals surface area (Å²) in [7, 11) is 0. The van der Waals surface area contributed by atoms with E-state index in [0.717, 1.165) is 29.3 Å². The molecule has 1 heterocycles. The molecule has 0 atom stereocenters. The molecule has 1 aromatic heterocycles. The number of hydrogen-bond acceptors (Lipinski definition) is 3. The van der Waals surface area contributed by atoms with Crippen LogP contribution in [0.3, 0.4) is 0 Å². The number of nitrogens with two attached hydrogens (primary N) is 1. The van der Waals surface area contributed by atoms with Crippen molar-refractivity contribution >= 4 is 29.9 Å². The topological polar surface area (TPSA) is 83.8 Å². The molecule has 1 aliphatic rings. The standard InChI is InChI=1S/C17H22N4O.ClH/c18-17-19-11-15(21-17)13-6-3-7-14(10-13)20-16(22)9-8-12-4-1-2-5-12;/h3,6-7,10-12H,1-2,4-5,8-9H2,(H,20,22)(H3,18,19,21);1H. The van der Waals surface area contributed by atoms with Gasteiger partial charge in [-0.15, -0.1) is 12.4 Å². The van der Waals surface area contributed by atoms with Crippen LogP contribution in [0, 0.1) is 5.92 Å². The third kappa shape index (κ3) is 4.73. The lowest BCUT2D eigenvalue weighted by atomic mass is 10.0. The highest BCUT2D eigenvalue weighted by Gasteiger charge is 2.16. The van der Waals surface area contributed by atoms with Crippen LogP contribution in [-0.4, -0.2) is 15.9 Å². The molecular weight excluding hydrogens is 312 g/mol. The summed E-state index contributed by atoms with van der Waals surface area (Å²) in [6.07, 6.45) is 8.50. The van der Waals surface area contributed by atoms with Crippen LogP contribution < -0.4 is 11.1 Å². The van der Waals surface area contributed by atoms with Gasteiger partial charge in [0.05, 0.1) is 11.9 Å². The number of rotatable bonds is 5. The average Bonchev–Trinajstić information content (AvgIpc) is 3.17. The Hall–Kier alpha value is -2.01. The maximum atomic E-state index is 12.1. The summed E-state index contributed by atoms with van der Waals surface area (Å²) in [5.41, 5.74) is 8.21. The van der Waals surface area contributed by atoms with Gasteiger partial charge < -0.3 is 16.0 Å². The average molecular weight is 335 g/mol. The SMILES string of the molecule is Cl.Nc1ncc(-c2cccc(NC(=O)CCC3CCCC3)c2)[nH]1. The number of carbonyl (C=O) groups excluding carboxylic acids is 1. The zero-order valence-electron chi connectivity index (χ0n) is 13.0. The summed E-state index contributed by atoms with van der Waals surface area (Å²) in [5, 5.41) is 2.98. The molecule has 1 aliphatic carbocycles. The molecule has 6 heteroatoms. The summed E-state index contributed by atoms with van der Waals surface area (Å²) in [4.78, 5) is 19.1. The fourth-order valence-electron chi connectivity index (χ4n) is 3.11. The number of benzene rings is 1. The molecule has 3 rings (SSSR count). The number of hydrogen-bond donors (Lipinski definition) is 3. The maximum absolute atomic E-state index is 12.1. The first-order valence-electron chi connectivity index (χ1n) is 7.91. The van der Waals surface area contributed by atoms with E-state index in [1.165, 1.54) is 25.7 Å². The first-order valence-corrected chi connectivity index (χ1v) is 7.91. The van der Waals surface area contributed by atoms with Gasteiger partial charge in [-0.3, -0.25) is 4.79 Å². The van der Waals surface area contributed by atoms with Gasteiger partial charge >= 0.3 is 0 Å². The fourth-order valence-corrected chi connectivity index (χ4v) is 3.11. The summed E-state index contributed by atoms with van der Waals surface area (Å²) < 4.78 is 0. The lowest BCUT2D eigenvalue weighted by Gasteiger charge is -2.10. The third-order valence-electron chi connectivity index (χ3n) is 4.31. The van der Waals surface area contributed by atoms with Gasteiger partial charge in [0.25, 0.3) is 0 Å². The summed E-state index contributed by atoms with van der Waals surface area (Å²) in [5.74, 6) is 1.22. The largest absolute Gasteiger partial charge is 0.369 e. The van der Waals surface area contributed by atoms with E-state index in [1.807, 2.05) is 24.3 Å². The summed E-state index contributed by atoms with van der Waals surface area (Å²) >= 11 is 0. The van der Waals surface area contributed by atoms with E-state index in [0.29, 0.717) is 12.4 Å². The zero-order valence-corrected chi connectivity index (χ0v) is 13.9. The number of halogens is 1. The number of nitrogens with one attached hydrogen (secondary N) is 2. The first-order chi connectivity index (χ1) is 10.7. The van der Waals surface area contributed by atoms with Crippen molar-refractivity contribution in [2.45, 2.75) is 38.5 Å². The van der Waals surface area contributed by atoms with Crippen LogP contribution in [0.4, 0.5) is 11.6 Å². The van der Waals surface area contributed by atoms with Gasteiger partial charge in [-0.2, -0.15) is 0 Å². The lowest BCUT2D eigenvalue weighted by Crippen LogP contribution is -2.12. The molecule has 2 aromatic rings. The van der Waals surface area contributed by atoms with E-state index in [-0.39, 0.29) is 18.3 Å². The maximum Gasteiger partial charge on any atom is 0.224 e. The van der Waals surface area contributed by atoms with Gasteiger partial charge in [-0.1, -0.05) is 37.8 Å². The fraction of sp³-hybridized carbons (Fsp3) is 0.412. The Labute approximate surface area is 142 Å². The Morgan fingerprint density at radius 1 is 1.35 bits per heavy atom. The number of anilines is 2. The molecule has 0 radical (unpaired) electrons. The number of nitrogen functional groups attached to an aromatic ring is 1. The molecule has 0 spiro atoms. The minimum atomic E-state index is 0. The van der Waals surface area contributed by atoms with Gasteiger partial charge in [-0.05, 0) is 24.5 Å². The molecule has 0 bridgehead atoms. The van der Waals surface area contributed by atoms with E-state index in [1.54, 1.807) is 6.20 Å². The van der Waals surface area contributed by atoms with Gasteiger partial charge in [0.1, 0.15) is 0 Å². The van der Waals surface area contributed by atoms with Crippen molar-refractivity contribution in [2.75, 3.05) is 11.1 Å². The molecule has 1 amide bonds. The van der Waals surface area contributed by atoms with Gasteiger partial charge in [0.15, 0.2) is 5.95 Å². The smallest absolute Gasteiger partial charge is 0.224 e. The second-order valence-electron chi connectivity index (χ2n) is 6.00. The van der Waals surface area contributed by atoms with Crippen LogP contribution in [0.5, 0.6) is 0 Å². The number of imidazole rings is 1. The number of H-pyrrole nitrogens is 1. The van der Waals surface area contributed by atoms with E-state index < -0.39 is 0 Å². The highest BCUT2D eigenvalue weighted by molar-refractivity contribution is 5.91. The van der Waals surface area contributed by atoms with Crippen molar-refractivity contribution in [3.63, 3.8) is 0 Å². The van der Waals surface area contributed by atoms with Crippen molar-refractivity contribution < 1.29 is 4.79 Å². The number of aromatic nitrogens is 2. The summed E-state index contributed by atoms with van der Waals surface area (Å²) in [6, 6.07) is 7.71. The normalized spacial score (nSPS) is 14.4. The molecule has 0 aliphatic heterocycles. The Balaban J connectivity index is 0.00000192. The molecule has 1 saturated carbocycles. The number of carbonyl (C=O) groups is 1. The Morgan fingerprint density at radius 2 is 2.13 bits per heavy atom. The van der Waals surface area contributed by atoms with Crippen LogP contribution in [0.25, 0.3) is 11.3 Å². The zero-order chi connectivity index (χ0) is 15.4. The van der Waals surface area contributed by atoms with Crippen LogP contribution in [0.15, 0.2) is 30.5 Å². The van der Waals surface area contributed by atoms with E-state index in [2.05, 4.69) is 15.3 Å². The monoisotopic (exact) mass is 334 g/mol. The Kier molecular flexibility index (Phi) is 6.04. The Morgan fingerprint density at radius 3 is 2.83 bits per heavy atom. The third-order valence-corrected chi connectivity index (χ3v) is 4.31. The number of aromatic amines is 1. The van der Waals surface area contributed by atoms with Crippen molar-refractivity contribution in [3.8, 4) is 11.3 Å². The van der Waals surface area contributed by atoms with Crippen molar-refractivity contribution in [1.29, 1.82) is 0 Å². The first kappa shape index (κ1) is 17.3. The second kappa shape index (κ2) is 8.02.